The van der Waals surface area contributed by atoms with E-state index < -0.39 is 0 Å². The van der Waals surface area contributed by atoms with E-state index in [-0.39, 0.29) is 17.2 Å². The van der Waals surface area contributed by atoms with Gasteiger partial charge in [-0.1, -0.05) is 36.4 Å². The molecule has 0 aliphatic carbocycles. The highest BCUT2D eigenvalue weighted by molar-refractivity contribution is 6.04. The Labute approximate surface area is 151 Å². The summed E-state index contributed by atoms with van der Waals surface area (Å²) in [5.74, 6) is 0.559. The van der Waals surface area contributed by atoms with E-state index >= 15 is 0 Å². The summed E-state index contributed by atoms with van der Waals surface area (Å²) in [4.78, 5) is 26.6. The van der Waals surface area contributed by atoms with E-state index in [1.54, 1.807) is 43.3 Å². The van der Waals surface area contributed by atoms with Gasteiger partial charge in [-0.05, 0) is 24.6 Å². The van der Waals surface area contributed by atoms with Crippen LogP contribution in [0.25, 0.3) is 10.8 Å². The molecule has 1 heterocycles. The summed E-state index contributed by atoms with van der Waals surface area (Å²) in [5.41, 5.74) is 1.09. The Morgan fingerprint density at radius 2 is 1.77 bits per heavy atom. The first-order valence-electron chi connectivity index (χ1n) is 8.39. The number of carbonyl (C=O) groups excluding carboxylic acids is 1. The number of para-hydroxylation sites is 1. The van der Waals surface area contributed by atoms with Crippen LogP contribution in [-0.4, -0.2) is 40.8 Å². The summed E-state index contributed by atoms with van der Waals surface area (Å²) in [6.45, 7) is 2.76. The second-order valence-electron chi connectivity index (χ2n) is 6.16. The van der Waals surface area contributed by atoms with Crippen LogP contribution in [-0.2, 0) is 7.05 Å². The third kappa shape index (κ3) is 3.44. The van der Waals surface area contributed by atoms with Gasteiger partial charge in [-0.2, -0.15) is 5.10 Å². The lowest BCUT2D eigenvalue weighted by atomic mass is 10.1. The second-order valence-corrected chi connectivity index (χ2v) is 6.16. The maximum atomic E-state index is 12.8. The molecule has 0 aliphatic heterocycles. The Balaban J connectivity index is 1.77. The largest absolute Gasteiger partial charge is 0.491 e. The minimum Gasteiger partial charge on any atom is -0.491 e. The number of ether oxygens (including phenoxy) is 1. The smallest absolute Gasteiger partial charge is 0.274 e. The van der Waals surface area contributed by atoms with Gasteiger partial charge in [0, 0.05) is 19.5 Å². The number of fused-ring (bicyclic) bond motifs is 1. The first kappa shape index (κ1) is 17.7. The maximum Gasteiger partial charge on any atom is 0.274 e. The number of aromatic nitrogens is 2. The third-order valence-corrected chi connectivity index (χ3v) is 4.28. The minimum absolute atomic E-state index is 0.220. The van der Waals surface area contributed by atoms with Crippen LogP contribution in [0.2, 0.25) is 0 Å². The number of amides is 1. The van der Waals surface area contributed by atoms with Gasteiger partial charge in [0.25, 0.3) is 11.5 Å². The zero-order chi connectivity index (χ0) is 18.7. The van der Waals surface area contributed by atoms with Gasteiger partial charge in [0.2, 0.25) is 0 Å². The van der Waals surface area contributed by atoms with Crippen molar-refractivity contribution in [1.29, 1.82) is 0 Å². The topological polar surface area (TPSA) is 64.4 Å². The predicted molar refractivity (Wildman–Crippen MR) is 101 cm³/mol. The molecule has 0 bridgehead atoms. The number of carbonyl (C=O) groups is 1. The van der Waals surface area contributed by atoms with Gasteiger partial charge < -0.3 is 9.64 Å². The average molecular weight is 351 g/mol. The number of nitrogens with zero attached hydrogens (tertiary/aromatic N) is 3. The molecule has 26 heavy (non-hydrogen) atoms. The number of benzene rings is 2. The van der Waals surface area contributed by atoms with Crippen LogP contribution < -0.4 is 10.3 Å². The lowest BCUT2D eigenvalue weighted by Crippen LogP contribution is -2.33. The van der Waals surface area contributed by atoms with Crippen molar-refractivity contribution in [3.63, 3.8) is 0 Å². The third-order valence-electron chi connectivity index (χ3n) is 4.28. The zero-order valence-electron chi connectivity index (χ0n) is 15.1. The summed E-state index contributed by atoms with van der Waals surface area (Å²) in [7, 11) is 3.25. The number of hydrogen-bond acceptors (Lipinski definition) is 4. The first-order valence-corrected chi connectivity index (χ1v) is 8.39. The molecule has 6 heteroatoms. The number of likely N-dealkylation sites (N-methyl/N-ethyl adjacent to an activating group) is 1. The molecule has 0 radical (unpaired) electrons. The SMILES string of the molecule is Cc1ccccc1OCCN(C)C(=O)c1nn(C)c(=O)c2ccccc12. The van der Waals surface area contributed by atoms with Crippen LogP contribution >= 0.6 is 0 Å². The Kier molecular flexibility index (Phi) is 5.02. The second kappa shape index (κ2) is 7.39. The summed E-state index contributed by atoms with van der Waals surface area (Å²) in [5, 5.41) is 5.22. The average Bonchev–Trinajstić information content (AvgIpc) is 2.65. The molecule has 0 saturated heterocycles. The zero-order valence-corrected chi connectivity index (χ0v) is 15.1. The molecular weight excluding hydrogens is 330 g/mol. The molecule has 3 rings (SSSR count). The molecule has 0 spiro atoms. The van der Waals surface area contributed by atoms with Gasteiger partial charge in [-0.3, -0.25) is 9.59 Å². The molecule has 0 saturated carbocycles. The highest BCUT2D eigenvalue weighted by atomic mass is 16.5. The lowest BCUT2D eigenvalue weighted by Gasteiger charge is -2.18. The van der Waals surface area contributed by atoms with E-state index in [1.807, 2.05) is 31.2 Å². The Morgan fingerprint density at radius 1 is 1.12 bits per heavy atom. The molecule has 0 aliphatic rings. The highest BCUT2D eigenvalue weighted by Crippen LogP contribution is 2.17. The van der Waals surface area contributed by atoms with Gasteiger partial charge in [-0.25, -0.2) is 4.68 Å². The van der Waals surface area contributed by atoms with E-state index in [1.165, 1.54) is 4.68 Å². The minimum atomic E-state index is -0.245. The predicted octanol–water partition coefficient (Wildman–Crippen LogP) is 2.39. The van der Waals surface area contributed by atoms with E-state index in [9.17, 15) is 9.59 Å². The monoisotopic (exact) mass is 351 g/mol. The van der Waals surface area contributed by atoms with E-state index in [0.717, 1.165) is 11.3 Å². The van der Waals surface area contributed by atoms with Crippen molar-refractivity contribution in [3.8, 4) is 5.75 Å². The van der Waals surface area contributed by atoms with Crippen LogP contribution in [0, 0.1) is 6.92 Å². The van der Waals surface area contributed by atoms with E-state index in [2.05, 4.69) is 5.10 Å². The van der Waals surface area contributed by atoms with Crippen molar-refractivity contribution in [1.82, 2.24) is 14.7 Å². The van der Waals surface area contributed by atoms with Crippen LogP contribution in [0.3, 0.4) is 0 Å². The van der Waals surface area contributed by atoms with Crippen molar-refractivity contribution in [2.75, 3.05) is 20.2 Å². The molecule has 0 unspecified atom stereocenters. The summed E-state index contributed by atoms with van der Waals surface area (Å²) in [6.07, 6.45) is 0. The van der Waals surface area contributed by atoms with E-state index in [4.69, 9.17) is 4.74 Å². The first-order chi connectivity index (χ1) is 12.5. The quantitative estimate of drug-likeness (QED) is 0.708. The fraction of sp³-hybridized carbons (Fsp3) is 0.250. The molecule has 2 aromatic carbocycles. The number of hydrogen-bond donors (Lipinski definition) is 0. The van der Waals surface area contributed by atoms with Crippen LogP contribution in [0.4, 0.5) is 0 Å². The van der Waals surface area contributed by atoms with Crippen molar-refractivity contribution >= 4 is 16.7 Å². The van der Waals surface area contributed by atoms with Gasteiger partial charge in [0.05, 0.1) is 11.9 Å². The molecule has 1 aromatic heterocycles. The van der Waals surface area contributed by atoms with Crippen LogP contribution in [0.5, 0.6) is 5.75 Å². The summed E-state index contributed by atoms with van der Waals surface area (Å²) >= 11 is 0. The Hall–Kier alpha value is -3.15. The fourth-order valence-electron chi connectivity index (χ4n) is 2.75. The Morgan fingerprint density at radius 3 is 2.50 bits per heavy atom. The molecular formula is C20H21N3O3. The molecule has 3 aromatic rings. The van der Waals surface area contributed by atoms with Gasteiger partial charge in [0.1, 0.15) is 12.4 Å². The van der Waals surface area contributed by atoms with Crippen LogP contribution in [0.15, 0.2) is 53.3 Å². The van der Waals surface area contributed by atoms with Crippen molar-refractivity contribution in [2.45, 2.75) is 6.92 Å². The van der Waals surface area contributed by atoms with Crippen molar-refractivity contribution < 1.29 is 9.53 Å². The number of rotatable bonds is 5. The molecule has 134 valence electrons. The molecule has 6 nitrogen and oxygen atoms in total. The van der Waals surface area contributed by atoms with E-state index in [0.29, 0.717) is 23.9 Å². The maximum absolute atomic E-state index is 12.8. The number of aryl methyl sites for hydroxylation is 2. The fourth-order valence-corrected chi connectivity index (χ4v) is 2.75. The standard InChI is InChI=1S/C20H21N3O3/c1-14-8-4-7-11-17(14)26-13-12-22(2)20(25)18-15-9-5-6-10-16(15)19(24)23(3)21-18/h4-11H,12-13H2,1-3H3. The lowest BCUT2D eigenvalue weighted by molar-refractivity contribution is 0.0767. The molecule has 0 N–H and O–H groups in total. The van der Waals surface area contributed by atoms with Gasteiger partial charge in [-0.15, -0.1) is 0 Å². The Bertz CT molecular complexity index is 1010. The normalized spacial score (nSPS) is 10.7. The van der Waals surface area contributed by atoms with Crippen molar-refractivity contribution in [2.24, 2.45) is 7.05 Å². The summed E-state index contributed by atoms with van der Waals surface area (Å²) in [6, 6.07) is 14.8. The van der Waals surface area contributed by atoms with Crippen LogP contribution in [0.1, 0.15) is 16.1 Å². The molecule has 0 atom stereocenters. The highest BCUT2D eigenvalue weighted by Gasteiger charge is 2.19. The summed E-state index contributed by atoms with van der Waals surface area (Å²) < 4.78 is 6.96. The molecule has 1 amide bonds. The van der Waals surface area contributed by atoms with Crippen molar-refractivity contribution in [3.05, 3.63) is 70.1 Å². The molecule has 0 fully saturated rings. The van der Waals surface area contributed by atoms with Gasteiger partial charge >= 0.3 is 0 Å². The van der Waals surface area contributed by atoms with Gasteiger partial charge in [0.15, 0.2) is 5.69 Å².